The zero-order chi connectivity index (χ0) is 12.9. The standard InChI is InChI=1S/C14H26O3/c1-3-4-5-6-7-10-13(17-2)11-8-9-12-14(15)16/h8-9,13H,3-7,10-12H2,1-2H3,(H,15,16)/b9-8+. The van der Waals surface area contributed by atoms with E-state index in [0.29, 0.717) is 0 Å². The lowest BCUT2D eigenvalue weighted by Crippen LogP contribution is -2.09. The maximum Gasteiger partial charge on any atom is 0.307 e. The summed E-state index contributed by atoms with van der Waals surface area (Å²) in [6, 6.07) is 0. The van der Waals surface area contributed by atoms with E-state index in [1.165, 1.54) is 32.1 Å². The molecule has 0 rings (SSSR count). The Morgan fingerprint density at radius 2 is 1.94 bits per heavy atom. The van der Waals surface area contributed by atoms with Gasteiger partial charge in [0.15, 0.2) is 0 Å². The second-order valence-electron chi connectivity index (χ2n) is 4.37. The van der Waals surface area contributed by atoms with Gasteiger partial charge in [-0.25, -0.2) is 0 Å². The Bertz CT molecular complexity index is 212. The molecule has 1 atom stereocenters. The van der Waals surface area contributed by atoms with E-state index >= 15 is 0 Å². The molecule has 0 spiro atoms. The van der Waals surface area contributed by atoms with Crippen molar-refractivity contribution in [3.63, 3.8) is 0 Å². The fraction of sp³-hybridized carbons (Fsp3) is 0.786. The largest absolute Gasteiger partial charge is 0.481 e. The van der Waals surface area contributed by atoms with Crippen LogP contribution in [0.15, 0.2) is 12.2 Å². The molecule has 0 radical (unpaired) electrons. The van der Waals surface area contributed by atoms with E-state index in [-0.39, 0.29) is 12.5 Å². The molecule has 1 unspecified atom stereocenters. The first-order chi connectivity index (χ1) is 8.20. The van der Waals surface area contributed by atoms with Crippen molar-refractivity contribution in [2.45, 2.75) is 64.4 Å². The number of hydrogen-bond acceptors (Lipinski definition) is 2. The fourth-order valence-corrected chi connectivity index (χ4v) is 1.74. The van der Waals surface area contributed by atoms with Crippen molar-refractivity contribution in [3.05, 3.63) is 12.2 Å². The van der Waals surface area contributed by atoms with Crippen LogP contribution in [0, 0.1) is 0 Å². The van der Waals surface area contributed by atoms with Crippen LogP contribution in [0.5, 0.6) is 0 Å². The average molecular weight is 242 g/mol. The van der Waals surface area contributed by atoms with Crippen molar-refractivity contribution in [2.24, 2.45) is 0 Å². The first kappa shape index (κ1) is 16.2. The molecule has 0 aliphatic rings. The highest BCUT2D eigenvalue weighted by Crippen LogP contribution is 2.12. The number of hydrogen-bond donors (Lipinski definition) is 1. The number of aliphatic carboxylic acids is 1. The second kappa shape index (κ2) is 11.6. The number of carbonyl (C=O) groups is 1. The van der Waals surface area contributed by atoms with Crippen LogP contribution in [0.3, 0.4) is 0 Å². The quantitative estimate of drug-likeness (QED) is 0.443. The minimum atomic E-state index is -0.783. The highest BCUT2D eigenvalue weighted by atomic mass is 16.5. The van der Waals surface area contributed by atoms with Gasteiger partial charge < -0.3 is 9.84 Å². The van der Waals surface area contributed by atoms with Crippen LogP contribution in [-0.4, -0.2) is 24.3 Å². The molecular formula is C14H26O3. The van der Waals surface area contributed by atoms with Crippen LogP contribution in [0.1, 0.15) is 58.3 Å². The Morgan fingerprint density at radius 1 is 1.24 bits per heavy atom. The van der Waals surface area contributed by atoms with E-state index < -0.39 is 5.97 Å². The van der Waals surface area contributed by atoms with E-state index in [1.807, 2.05) is 6.08 Å². The summed E-state index contributed by atoms with van der Waals surface area (Å²) in [6.07, 6.45) is 12.2. The molecule has 1 N–H and O–H groups in total. The summed E-state index contributed by atoms with van der Waals surface area (Å²) >= 11 is 0. The molecule has 0 aromatic rings. The van der Waals surface area contributed by atoms with Crippen molar-refractivity contribution in [2.75, 3.05) is 7.11 Å². The molecule has 0 heterocycles. The molecular weight excluding hydrogens is 216 g/mol. The predicted octanol–water partition coefficient (Wildman–Crippen LogP) is 3.78. The Morgan fingerprint density at radius 3 is 2.53 bits per heavy atom. The minimum absolute atomic E-state index is 0.104. The molecule has 0 aliphatic carbocycles. The van der Waals surface area contributed by atoms with Crippen LogP contribution < -0.4 is 0 Å². The topological polar surface area (TPSA) is 46.5 Å². The normalized spacial score (nSPS) is 13.1. The zero-order valence-electron chi connectivity index (χ0n) is 11.2. The van der Waals surface area contributed by atoms with Crippen molar-refractivity contribution < 1.29 is 14.6 Å². The van der Waals surface area contributed by atoms with Gasteiger partial charge in [-0.05, 0) is 12.8 Å². The van der Waals surface area contributed by atoms with E-state index in [0.717, 1.165) is 12.8 Å². The summed E-state index contributed by atoms with van der Waals surface area (Å²) in [4.78, 5) is 10.3. The van der Waals surface area contributed by atoms with Crippen LogP contribution in [-0.2, 0) is 9.53 Å². The molecule has 0 amide bonds. The summed E-state index contributed by atoms with van der Waals surface area (Å²) in [5.41, 5.74) is 0. The lowest BCUT2D eigenvalue weighted by atomic mass is 10.1. The van der Waals surface area contributed by atoms with E-state index in [9.17, 15) is 4.79 Å². The van der Waals surface area contributed by atoms with Crippen LogP contribution in [0.2, 0.25) is 0 Å². The molecule has 3 heteroatoms. The van der Waals surface area contributed by atoms with Crippen LogP contribution in [0.4, 0.5) is 0 Å². The SMILES string of the molecule is CCCCCCCC(C/C=C/CC(=O)O)OC. The number of ether oxygens (including phenoxy) is 1. The van der Waals surface area contributed by atoms with Gasteiger partial charge in [-0.1, -0.05) is 51.2 Å². The first-order valence-electron chi connectivity index (χ1n) is 6.60. The molecule has 0 saturated heterocycles. The minimum Gasteiger partial charge on any atom is -0.481 e. The Hall–Kier alpha value is -0.830. The van der Waals surface area contributed by atoms with Crippen molar-refractivity contribution in [1.82, 2.24) is 0 Å². The molecule has 3 nitrogen and oxygen atoms in total. The summed E-state index contributed by atoms with van der Waals surface area (Å²) in [7, 11) is 1.72. The predicted molar refractivity (Wildman–Crippen MR) is 70.2 cm³/mol. The average Bonchev–Trinajstić information content (AvgIpc) is 2.31. The van der Waals surface area contributed by atoms with Gasteiger partial charge in [0.25, 0.3) is 0 Å². The summed E-state index contributed by atoms with van der Waals surface area (Å²) in [5.74, 6) is -0.783. The van der Waals surface area contributed by atoms with Crippen molar-refractivity contribution >= 4 is 5.97 Å². The Balaban J connectivity index is 3.55. The van der Waals surface area contributed by atoms with Gasteiger partial charge in [-0.15, -0.1) is 0 Å². The van der Waals surface area contributed by atoms with E-state index in [4.69, 9.17) is 9.84 Å². The smallest absolute Gasteiger partial charge is 0.307 e. The zero-order valence-corrected chi connectivity index (χ0v) is 11.2. The first-order valence-corrected chi connectivity index (χ1v) is 6.60. The monoisotopic (exact) mass is 242 g/mol. The highest BCUT2D eigenvalue weighted by molar-refractivity contribution is 5.68. The molecule has 17 heavy (non-hydrogen) atoms. The number of unbranched alkanes of at least 4 members (excludes halogenated alkanes) is 4. The maximum atomic E-state index is 10.3. The molecule has 0 saturated carbocycles. The van der Waals surface area contributed by atoms with Gasteiger partial charge in [-0.2, -0.15) is 0 Å². The van der Waals surface area contributed by atoms with Gasteiger partial charge in [-0.3, -0.25) is 4.79 Å². The van der Waals surface area contributed by atoms with E-state index in [2.05, 4.69) is 6.92 Å². The van der Waals surface area contributed by atoms with Crippen molar-refractivity contribution in [3.8, 4) is 0 Å². The third-order valence-corrected chi connectivity index (χ3v) is 2.82. The number of carboxylic acids is 1. The van der Waals surface area contributed by atoms with Gasteiger partial charge in [0.1, 0.15) is 0 Å². The number of rotatable bonds is 11. The Labute approximate surface area is 105 Å². The molecule has 0 aliphatic heterocycles. The van der Waals surface area contributed by atoms with Gasteiger partial charge in [0, 0.05) is 7.11 Å². The second-order valence-corrected chi connectivity index (χ2v) is 4.37. The molecule has 0 bridgehead atoms. The summed E-state index contributed by atoms with van der Waals surface area (Å²) in [6.45, 7) is 2.21. The van der Waals surface area contributed by atoms with Crippen LogP contribution >= 0.6 is 0 Å². The molecule has 0 aromatic heterocycles. The maximum absolute atomic E-state index is 10.3. The third kappa shape index (κ3) is 11.4. The molecule has 0 fully saturated rings. The number of methoxy groups -OCH3 is 1. The van der Waals surface area contributed by atoms with Gasteiger partial charge in [0.2, 0.25) is 0 Å². The van der Waals surface area contributed by atoms with Crippen LogP contribution in [0.25, 0.3) is 0 Å². The summed E-state index contributed by atoms with van der Waals surface area (Å²) in [5, 5.41) is 8.48. The number of carboxylic acid groups (broad SMARTS) is 1. The van der Waals surface area contributed by atoms with Gasteiger partial charge in [0.05, 0.1) is 12.5 Å². The lowest BCUT2D eigenvalue weighted by Gasteiger charge is -2.12. The summed E-state index contributed by atoms with van der Waals surface area (Å²) < 4.78 is 5.37. The third-order valence-electron chi connectivity index (χ3n) is 2.82. The Kier molecular flexibility index (Phi) is 11.1. The lowest BCUT2D eigenvalue weighted by molar-refractivity contribution is -0.136. The molecule has 0 aromatic carbocycles. The van der Waals surface area contributed by atoms with Gasteiger partial charge >= 0.3 is 5.97 Å². The van der Waals surface area contributed by atoms with E-state index in [1.54, 1.807) is 13.2 Å². The highest BCUT2D eigenvalue weighted by Gasteiger charge is 2.04. The van der Waals surface area contributed by atoms with Crippen molar-refractivity contribution in [1.29, 1.82) is 0 Å². The molecule has 100 valence electrons. The fourth-order valence-electron chi connectivity index (χ4n) is 1.74.